The normalized spacial score (nSPS) is 12.6. The smallest absolute Gasteiger partial charge is 0.331 e. The number of benzene rings is 3. The Morgan fingerprint density at radius 1 is 0.938 bits per heavy atom. The van der Waals surface area contributed by atoms with E-state index in [9.17, 15) is 14.0 Å². The van der Waals surface area contributed by atoms with E-state index in [0.717, 1.165) is 23.3 Å². The van der Waals surface area contributed by atoms with Crippen LogP contribution in [0.2, 0.25) is 0 Å². The molecule has 7 heteroatoms. The lowest BCUT2D eigenvalue weighted by atomic mass is 10.1. The number of rotatable bonds is 9. The van der Waals surface area contributed by atoms with Crippen molar-refractivity contribution in [3.8, 4) is 0 Å². The van der Waals surface area contributed by atoms with Crippen LogP contribution in [0.15, 0.2) is 78.9 Å². The number of ether oxygens (including phenoxy) is 2. The molecule has 0 fully saturated rings. The molecule has 0 saturated heterocycles. The van der Waals surface area contributed by atoms with Gasteiger partial charge in [0.15, 0.2) is 6.04 Å². The maximum atomic E-state index is 13.3. The molecule has 0 spiro atoms. The van der Waals surface area contributed by atoms with Crippen molar-refractivity contribution in [2.24, 2.45) is 0 Å². The fourth-order valence-electron chi connectivity index (χ4n) is 3.04. The van der Waals surface area contributed by atoms with Gasteiger partial charge in [-0.15, -0.1) is 0 Å². The number of esters is 1. The fraction of sp³-hybridized carbons (Fsp3) is 0.200. The molecule has 0 aliphatic heterocycles. The molecule has 32 heavy (non-hydrogen) atoms. The first kappa shape index (κ1) is 23.0. The highest BCUT2D eigenvalue weighted by atomic mass is 19.1. The van der Waals surface area contributed by atoms with Crippen LogP contribution in [-0.2, 0) is 27.5 Å². The maximum absolute atomic E-state index is 13.3. The quantitative estimate of drug-likeness (QED) is 0.393. The summed E-state index contributed by atoms with van der Waals surface area (Å²) in [5, 5.41) is 2.62. The molecule has 0 heterocycles. The molecule has 0 aromatic heterocycles. The number of halogens is 1. The number of nitrogens with one attached hydrogen (secondary N) is 1. The number of hydrogen-bond donors (Lipinski definition) is 2. The van der Waals surface area contributed by atoms with Crippen LogP contribution in [0, 0.1) is 5.82 Å². The minimum Gasteiger partial charge on any atom is -0.459 e. The zero-order valence-corrected chi connectivity index (χ0v) is 17.7. The topological polar surface area (TPSA) is 90.6 Å². The Morgan fingerprint density at radius 2 is 1.53 bits per heavy atom. The van der Waals surface area contributed by atoms with Gasteiger partial charge in [-0.1, -0.05) is 60.7 Å². The minimum atomic E-state index is -1.10. The van der Waals surface area contributed by atoms with E-state index in [4.69, 9.17) is 15.2 Å². The van der Waals surface area contributed by atoms with Gasteiger partial charge < -0.3 is 20.5 Å². The summed E-state index contributed by atoms with van der Waals surface area (Å²) in [6.45, 7) is 1.97. The van der Waals surface area contributed by atoms with Gasteiger partial charge in [0.2, 0.25) is 0 Å². The summed E-state index contributed by atoms with van der Waals surface area (Å²) in [4.78, 5) is 25.6. The Hall–Kier alpha value is -3.71. The van der Waals surface area contributed by atoms with Crippen molar-refractivity contribution in [3.63, 3.8) is 0 Å². The van der Waals surface area contributed by atoms with Crippen molar-refractivity contribution in [1.29, 1.82) is 0 Å². The molecule has 0 aliphatic carbocycles. The average molecular weight is 436 g/mol. The molecule has 1 amide bonds. The lowest BCUT2D eigenvalue weighted by molar-refractivity contribution is -0.151. The van der Waals surface area contributed by atoms with Crippen LogP contribution in [0.3, 0.4) is 0 Å². The lowest BCUT2D eigenvalue weighted by Crippen LogP contribution is -2.49. The van der Waals surface area contributed by atoms with Crippen LogP contribution in [0.1, 0.15) is 28.4 Å². The number of nitrogen functional groups attached to an aromatic ring is 1. The predicted octanol–water partition coefficient (Wildman–Crippen LogP) is 3.86. The zero-order chi connectivity index (χ0) is 22.9. The van der Waals surface area contributed by atoms with Crippen molar-refractivity contribution >= 4 is 17.6 Å². The maximum Gasteiger partial charge on any atom is 0.331 e. The second-order valence-corrected chi connectivity index (χ2v) is 7.28. The van der Waals surface area contributed by atoms with Gasteiger partial charge in [0.1, 0.15) is 12.4 Å². The van der Waals surface area contributed by atoms with E-state index < -0.39 is 29.8 Å². The average Bonchev–Trinajstić information content (AvgIpc) is 2.80. The standard InChI is InChI=1S/C25H25FN2O4/c1-17(31-15-18-8-4-2-5-9-18)23(25(30)32-16-19-10-6-3-7-11-19)28-24(29)21-13-12-20(26)14-22(21)27/h2-14,17,23H,15-16,27H2,1H3,(H,28,29)/t17-,23+/m1/s1. The number of carbonyl (C=O) groups is 2. The Kier molecular flexibility index (Phi) is 7.94. The molecular weight excluding hydrogens is 411 g/mol. The van der Waals surface area contributed by atoms with Gasteiger partial charge in [0.05, 0.1) is 18.3 Å². The molecular formula is C25H25FN2O4. The molecule has 166 valence electrons. The van der Waals surface area contributed by atoms with E-state index in [0.29, 0.717) is 0 Å². The fourth-order valence-corrected chi connectivity index (χ4v) is 3.04. The van der Waals surface area contributed by atoms with Gasteiger partial charge in [-0.2, -0.15) is 0 Å². The van der Waals surface area contributed by atoms with E-state index in [2.05, 4.69) is 5.32 Å². The summed E-state index contributed by atoms with van der Waals surface area (Å²) in [5.41, 5.74) is 7.53. The molecule has 3 N–H and O–H groups in total. The lowest BCUT2D eigenvalue weighted by Gasteiger charge is -2.24. The van der Waals surface area contributed by atoms with E-state index >= 15 is 0 Å². The molecule has 3 aromatic rings. The van der Waals surface area contributed by atoms with Gasteiger partial charge in [-0.3, -0.25) is 4.79 Å². The zero-order valence-electron chi connectivity index (χ0n) is 17.7. The van der Waals surface area contributed by atoms with Crippen molar-refractivity contribution in [1.82, 2.24) is 5.32 Å². The highest BCUT2D eigenvalue weighted by Crippen LogP contribution is 2.15. The van der Waals surface area contributed by atoms with E-state index in [1.165, 1.54) is 6.07 Å². The Labute approximate surface area is 186 Å². The van der Waals surface area contributed by atoms with Crippen molar-refractivity contribution in [2.45, 2.75) is 32.3 Å². The number of anilines is 1. The van der Waals surface area contributed by atoms with Crippen LogP contribution in [0.5, 0.6) is 0 Å². The van der Waals surface area contributed by atoms with Crippen molar-refractivity contribution in [3.05, 3.63) is 101 Å². The first-order valence-corrected chi connectivity index (χ1v) is 10.2. The second-order valence-electron chi connectivity index (χ2n) is 7.28. The van der Waals surface area contributed by atoms with E-state index in [-0.39, 0.29) is 24.5 Å². The van der Waals surface area contributed by atoms with Crippen LogP contribution < -0.4 is 11.1 Å². The Balaban J connectivity index is 1.72. The van der Waals surface area contributed by atoms with Crippen LogP contribution in [-0.4, -0.2) is 24.0 Å². The molecule has 2 atom stereocenters. The molecule has 0 aliphatic rings. The number of amides is 1. The highest BCUT2D eigenvalue weighted by Gasteiger charge is 2.30. The van der Waals surface area contributed by atoms with Crippen LogP contribution in [0.4, 0.5) is 10.1 Å². The number of carbonyl (C=O) groups excluding carboxylic acids is 2. The van der Waals surface area contributed by atoms with Crippen LogP contribution in [0.25, 0.3) is 0 Å². The molecule has 0 saturated carbocycles. The van der Waals surface area contributed by atoms with Gasteiger partial charge in [-0.05, 0) is 36.2 Å². The summed E-state index contributed by atoms with van der Waals surface area (Å²) >= 11 is 0. The largest absolute Gasteiger partial charge is 0.459 e. The monoisotopic (exact) mass is 436 g/mol. The number of hydrogen-bond acceptors (Lipinski definition) is 5. The molecule has 3 aromatic carbocycles. The first-order chi connectivity index (χ1) is 15.4. The van der Waals surface area contributed by atoms with Crippen molar-refractivity contribution in [2.75, 3.05) is 5.73 Å². The third-order valence-electron chi connectivity index (χ3n) is 4.85. The SMILES string of the molecule is C[C@@H](OCc1ccccc1)[C@H](NC(=O)c1ccc(F)cc1N)C(=O)OCc1ccccc1. The first-order valence-electron chi connectivity index (χ1n) is 10.2. The Morgan fingerprint density at radius 3 is 2.12 bits per heavy atom. The van der Waals surface area contributed by atoms with Gasteiger partial charge >= 0.3 is 5.97 Å². The van der Waals surface area contributed by atoms with E-state index in [1.54, 1.807) is 6.92 Å². The summed E-state index contributed by atoms with van der Waals surface area (Å²) in [6, 6.07) is 21.0. The third kappa shape index (κ3) is 6.39. The number of nitrogens with two attached hydrogens (primary N) is 1. The molecule has 6 nitrogen and oxygen atoms in total. The van der Waals surface area contributed by atoms with Gasteiger partial charge in [0.25, 0.3) is 5.91 Å². The third-order valence-corrected chi connectivity index (χ3v) is 4.85. The Bertz CT molecular complexity index is 1040. The molecule has 0 bridgehead atoms. The molecule has 3 rings (SSSR count). The summed E-state index contributed by atoms with van der Waals surface area (Å²) in [6.07, 6.45) is -0.705. The highest BCUT2D eigenvalue weighted by molar-refractivity contribution is 6.01. The summed E-state index contributed by atoms with van der Waals surface area (Å²) < 4.78 is 24.6. The summed E-state index contributed by atoms with van der Waals surface area (Å²) in [5.74, 6) is -1.83. The van der Waals surface area contributed by atoms with Crippen LogP contribution >= 0.6 is 0 Å². The minimum absolute atomic E-state index is 0.0308. The second kappa shape index (κ2) is 11.1. The van der Waals surface area contributed by atoms with E-state index in [1.807, 2.05) is 60.7 Å². The van der Waals surface area contributed by atoms with Gasteiger partial charge in [-0.25, -0.2) is 9.18 Å². The molecule has 0 radical (unpaired) electrons. The predicted molar refractivity (Wildman–Crippen MR) is 119 cm³/mol. The molecule has 0 unspecified atom stereocenters. The van der Waals surface area contributed by atoms with Gasteiger partial charge in [0, 0.05) is 5.69 Å². The summed E-state index contributed by atoms with van der Waals surface area (Å²) in [7, 11) is 0. The van der Waals surface area contributed by atoms with Crippen molar-refractivity contribution < 1.29 is 23.5 Å².